The minimum Gasteiger partial charge on any atom is -0.379 e. The smallest absolute Gasteiger partial charge is 0.0594 e. The first kappa shape index (κ1) is 24.6. The number of allylic oxidation sites excluding steroid dienone is 2. The largest absolute Gasteiger partial charge is 0.379 e. The van der Waals surface area contributed by atoms with Crippen molar-refractivity contribution in [2.75, 3.05) is 26.3 Å². The van der Waals surface area contributed by atoms with Crippen molar-refractivity contribution in [3.63, 3.8) is 0 Å². The molecule has 0 aromatic heterocycles. The van der Waals surface area contributed by atoms with E-state index in [1.165, 1.54) is 31.3 Å². The van der Waals surface area contributed by atoms with E-state index in [2.05, 4.69) is 24.5 Å². The highest BCUT2D eigenvalue weighted by Gasteiger charge is 2.22. The SMILES string of the molecule is C=C(C)CCC1=CCC(N2CCOCC2)CC1.CC.CC.CC. The van der Waals surface area contributed by atoms with Gasteiger partial charge in [0.1, 0.15) is 0 Å². The third-order valence-electron chi connectivity index (χ3n) is 3.91. The second-order valence-electron chi connectivity index (χ2n) is 5.40. The average molecular weight is 326 g/mol. The highest BCUT2D eigenvalue weighted by Crippen LogP contribution is 2.26. The molecule has 138 valence electrons. The maximum absolute atomic E-state index is 5.41. The first-order valence-corrected chi connectivity index (χ1v) is 9.90. The van der Waals surface area contributed by atoms with Gasteiger partial charge in [0.15, 0.2) is 0 Å². The summed E-state index contributed by atoms with van der Waals surface area (Å²) in [6.07, 6.45) is 8.73. The highest BCUT2D eigenvalue weighted by molar-refractivity contribution is 5.10. The number of rotatable bonds is 4. The van der Waals surface area contributed by atoms with Crippen molar-refractivity contribution >= 4 is 0 Å². The summed E-state index contributed by atoms with van der Waals surface area (Å²) in [4.78, 5) is 2.61. The van der Waals surface area contributed by atoms with Crippen molar-refractivity contribution in [2.24, 2.45) is 0 Å². The molecule has 0 amide bonds. The molecule has 2 heteroatoms. The fourth-order valence-corrected chi connectivity index (χ4v) is 2.75. The molecule has 0 aromatic carbocycles. The first-order valence-electron chi connectivity index (χ1n) is 9.90. The molecule has 2 rings (SSSR count). The predicted octanol–water partition coefficient (Wildman–Crippen LogP) is 6.23. The molecule has 0 saturated carbocycles. The van der Waals surface area contributed by atoms with Crippen LogP contribution < -0.4 is 0 Å². The molecule has 1 unspecified atom stereocenters. The zero-order valence-corrected chi connectivity index (χ0v) is 17.1. The van der Waals surface area contributed by atoms with E-state index in [9.17, 15) is 0 Å². The average Bonchev–Trinajstić information content (AvgIpc) is 2.66. The Labute approximate surface area is 147 Å². The van der Waals surface area contributed by atoms with E-state index in [-0.39, 0.29) is 0 Å². The summed E-state index contributed by atoms with van der Waals surface area (Å²) in [5, 5.41) is 0. The Balaban J connectivity index is 0. The van der Waals surface area contributed by atoms with Crippen LogP contribution in [0.2, 0.25) is 0 Å². The van der Waals surface area contributed by atoms with Crippen molar-refractivity contribution in [3.8, 4) is 0 Å². The molecule has 1 aliphatic heterocycles. The van der Waals surface area contributed by atoms with Gasteiger partial charge in [-0.15, -0.1) is 6.58 Å². The number of morpholine rings is 1. The van der Waals surface area contributed by atoms with Crippen LogP contribution >= 0.6 is 0 Å². The molecule has 0 N–H and O–H groups in total. The van der Waals surface area contributed by atoms with E-state index in [4.69, 9.17) is 4.74 Å². The summed E-state index contributed by atoms with van der Waals surface area (Å²) in [5.74, 6) is 0. The van der Waals surface area contributed by atoms with E-state index in [0.717, 1.165) is 38.8 Å². The number of ether oxygens (including phenoxy) is 1. The van der Waals surface area contributed by atoms with Crippen LogP contribution in [-0.4, -0.2) is 37.2 Å². The van der Waals surface area contributed by atoms with Crippen LogP contribution in [0.5, 0.6) is 0 Å². The molecule has 0 aromatic rings. The molecular weight excluding hydrogens is 282 g/mol. The van der Waals surface area contributed by atoms with Crippen LogP contribution in [0.25, 0.3) is 0 Å². The predicted molar refractivity (Wildman–Crippen MR) is 106 cm³/mol. The monoisotopic (exact) mass is 325 g/mol. The lowest BCUT2D eigenvalue weighted by molar-refractivity contribution is 0.0144. The zero-order valence-electron chi connectivity index (χ0n) is 17.1. The topological polar surface area (TPSA) is 12.5 Å². The van der Waals surface area contributed by atoms with Crippen LogP contribution in [0.1, 0.15) is 80.6 Å². The molecule has 23 heavy (non-hydrogen) atoms. The maximum atomic E-state index is 5.41. The quantitative estimate of drug-likeness (QED) is 0.568. The van der Waals surface area contributed by atoms with E-state index < -0.39 is 0 Å². The van der Waals surface area contributed by atoms with Gasteiger partial charge < -0.3 is 4.74 Å². The van der Waals surface area contributed by atoms with Crippen LogP contribution in [0.4, 0.5) is 0 Å². The Kier molecular flexibility index (Phi) is 19.0. The van der Waals surface area contributed by atoms with E-state index in [1.807, 2.05) is 41.5 Å². The Bertz CT molecular complexity index is 290. The van der Waals surface area contributed by atoms with Crippen molar-refractivity contribution in [3.05, 3.63) is 23.8 Å². The van der Waals surface area contributed by atoms with Gasteiger partial charge in [-0.1, -0.05) is 58.8 Å². The second kappa shape index (κ2) is 17.7. The summed E-state index contributed by atoms with van der Waals surface area (Å²) in [6.45, 7) is 22.2. The summed E-state index contributed by atoms with van der Waals surface area (Å²) >= 11 is 0. The van der Waals surface area contributed by atoms with E-state index in [0.29, 0.717) is 0 Å². The van der Waals surface area contributed by atoms with Gasteiger partial charge in [-0.05, 0) is 39.0 Å². The minimum absolute atomic E-state index is 0.771. The number of hydrogen-bond donors (Lipinski definition) is 0. The van der Waals surface area contributed by atoms with Gasteiger partial charge in [-0.3, -0.25) is 4.90 Å². The molecule has 0 spiro atoms. The summed E-state index contributed by atoms with van der Waals surface area (Å²) in [6, 6.07) is 0.771. The minimum atomic E-state index is 0.771. The molecule has 1 heterocycles. The number of nitrogens with zero attached hydrogens (tertiary/aromatic N) is 1. The molecule has 1 atom stereocenters. The van der Waals surface area contributed by atoms with Crippen LogP contribution in [-0.2, 0) is 4.74 Å². The molecule has 1 fully saturated rings. The zero-order chi connectivity index (χ0) is 18.1. The van der Waals surface area contributed by atoms with Crippen molar-refractivity contribution in [1.82, 2.24) is 4.90 Å². The lowest BCUT2D eigenvalue weighted by Crippen LogP contribution is -2.44. The molecular formula is C21H43NO. The molecule has 0 radical (unpaired) electrons. The Hall–Kier alpha value is -0.600. The number of hydrogen-bond acceptors (Lipinski definition) is 2. The van der Waals surface area contributed by atoms with Crippen LogP contribution in [0.15, 0.2) is 23.8 Å². The molecule has 2 nitrogen and oxygen atoms in total. The second-order valence-corrected chi connectivity index (χ2v) is 5.40. The lowest BCUT2D eigenvalue weighted by atomic mass is 9.91. The van der Waals surface area contributed by atoms with Crippen LogP contribution in [0, 0.1) is 0 Å². The van der Waals surface area contributed by atoms with Gasteiger partial charge in [-0.25, -0.2) is 0 Å². The normalized spacial score (nSPS) is 20.5. The molecule has 1 aliphatic carbocycles. The maximum Gasteiger partial charge on any atom is 0.0594 e. The molecule has 0 bridgehead atoms. The van der Waals surface area contributed by atoms with Gasteiger partial charge >= 0.3 is 0 Å². The van der Waals surface area contributed by atoms with Crippen molar-refractivity contribution in [2.45, 2.75) is 86.6 Å². The van der Waals surface area contributed by atoms with E-state index in [1.54, 1.807) is 5.57 Å². The summed E-state index contributed by atoms with van der Waals surface area (Å²) < 4.78 is 5.41. The Morgan fingerprint density at radius 2 is 1.70 bits per heavy atom. The van der Waals surface area contributed by atoms with Gasteiger partial charge in [0.05, 0.1) is 13.2 Å². The summed E-state index contributed by atoms with van der Waals surface area (Å²) in [7, 11) is 0. The van der Waals surface area contributed by atoms with Crippen molar-refractivity contribution < 1.29 is 4.74 Å². The van der Waals surface area contributed by atoms with Gasteiger partial charge in [0.25, 0.3) is 0 Å². The third-order valence-corrected chi connectivity index (χ3v) is 3.91. The van der Waals surface area contributed by atoms with Crippen molar-refractivity contribution in [1.29, 1.82) is 0 Å². The van der Waals surface area contributed by atoms with Gasteiger partial charge in [0, 0.05) is 19.1 Å². The lowest BCUT2D eigenvalue weighted by Gasteiger charge is -2.36. The van der Waals surface area contributed by atoms with E-state index >= 15 is 0 Å². The molecule has 2 aliphatic rings. The first-order chi connectivity index (χ1) is 11.3. The fraction of sp³-hybridized carbons (Fsp3) is 0.810. The Morgan fingerprint density at radius 3 is 2.13 bits per heavy atom. The summed E-state index contributed by atoms with van der Waals surface area (Å²) in [5.41, 5.74) is 2.96. The standard InChI is InChI=1S/C15H25NO.3C2H6/c1-13(2)3-4-14-5-7-15(8-6-14)16-9-11-17-12-10-16;3*1-2/h5,15H,1,3-4,6-12H2,2H3;3*1-2H3. The highest BCUT2D eigenvalue weighted by atomic mass is 16.5. The van der Waals surface area contributed by atoms with Gasteiger partial charge in [-0.2, -0.15) is 0 Å². The third kappa shape index (κ3) is 11.6. The fourth-order valence-electron chi connectivity index (χ4n) is 2.75. The Morgan fingerprint density at radius 1 is 1.13 bits per heavy atom. The molecule has 1 saturated heterocycles. The van der Waals surface area contributed by atoms with Crippen LogP contribution in [0.3, 0.4) is 0 Å². The van der Waals surface area contributed by atoms with Gasteiger partial charge in [0.2, 0.25) is 0 Å².